The Morgan fingerprint density at radius 2 is 2.37 bits per heavy atom. The number of ether oxygens (including phenoxy) is 1. The van der Waals surface area contributed by atoms with Gasteiger partial charge in [0.25, 0.3) is 5.78 Å². The Balaban J connectivity index is 1.85. The third kappa shape index (κ3) is 2.52. The monoisotopic (exact) mass is 279 g/mol. The number of thioether (sulfide) groups is 1. The first-order chi connectivity index (χ1) is 9.26. The highest BCUT2D eigenvalue weighted by molar-refractivity contribution is 8.00. The highest BCUT2D eigenvalue weighted by atomic mass is 32.2. The summed E-state index contributed by atoms with van der Waals surface area (Å²) in [5.41, 5.74) is 0.861. The van der Waals surface area contributed by atoms with E-state index in [-0.39, 0.29) is 0 Å². The van der Waals surface area contributed by atoms with Gasteiger partial charge in [-0.3, -0.25) is 0 Å². The van der Waals surface area contributed by atoms with E-state index in [4.69, 9.17) is 4.74 Å². The fraction of sp³-hybridized carbons (Fsp3) is 0.583. The van der Waals surface area contributed by atoms with Crippen LogP contribution in [0.4, 0.5) is 5.82 Å². The van der Waals surface area contributed by atoms with Crippen LogP contribution in [0.1, 0.15) is 18.5 Å². The molecule has 0 saturated heterocycles. The molecule has 7 heteroatoms. The fourth-order valence-electron chi connectivity index (χ4n) is 2.05. The summed E-state index contributed by atoms with van der Waals surface area (Å²) in [7, 11) is 1.66. The summed E-state index contributed by atoms with van der Waals surface area (Å²) < 4.78 is 7.27. The van der Waals surface area contributed by atoms with Gasteiger partial charge in [0.05, 0.1) is 12.3 Å². The largest absolute Gasteiger partial charge is 0.378 e. The number of aromatic nitrogens is 4. The number of methoxy groups -OCH3 is 1. The maximum Gasteiger partial charge on any atom is 0.254 e. The lowest BCUT2D eigenvalue weighted by Gasteiger charge is -2.15. The third-order valence-electron chi connectivity index (χ3n) is 3.43. The van der Waals surface area contributed by atoms with E-state index in [2.05, 4.69) is 26.6 Å². The molecule has 0 radical (unpaired) electrons. The third-order valence-corrected chi connectivity index (χ3v) is 4.85. The molecule has 0 unspecified atom stereocenters. The second kappa shape index (κ2) is 4.97. The van der Waals surface area contributed by atoms with Crippen LogP contribution in [0, 0.1) is 0 Å². The molecular weight excluding hydrogens is 262 g/mol. The second-order valence-corrected chi connectivity index (χ2v) is 6.05. The van der Waals surface area contributed by atoms with Crippen molar-refractivity contribution in [2.24, 2.45) is 0 Å². The molecule has 0 spiro atoms. The van der Waals surface area contributed by atoms with Gasteiger partial charge in [-0.05, 0) is 19.1 Å². The van der Waals surface area contributed by atoms with Gasteiger partial charge in [0, 0.05) is 24.5 Å². The Morgan fingerprint density at radius 3 is 3.05 bits per heavy atom. The van der Waals surface area contributed by atoms with E-state index < -0.39 is 0 Å². The first-order valence-corrected chi connectivity index (χ1v) is 7.46. The summed E-state index contributed by atoms with van der Waals surface area (Å²) in [5, 5.41) is 7.67. The highest BCUT2D eigenvalue weighted by Crippen LogP contribution is 2.47. The summed E-state index contributed by atoms with van der Waals surface area (Å²) >= 11 is 1.93. The van der Waals surface area contributed by atoms with Crippen molar-refractivity contribution in [1.29, 1.82) is 0 Å². The minimum Gasteiger partial charge on any atom is -0.378 e. The molecular formula is C12H17N5OS. The minimum absolute atomic E-state index is 0.400. The van der Waals surface area contributed by atoms with Gasteiger partial charge in [-0.25, -0.2) is 4.98 Å². The summed E-state index contributed by atoms with van der Waals surface area (Å²) in [6, 6.07) is 1.97. The first-order valence-electron chi connectivity index (χ1n) is 6.24. The molecule has 1 aliphatic carbocycles. The molecule has 0 aromatic carbocycles. The maximum absolute atomic E-state index is 5.14. The lowest BCUT2D eigenvalue weighted by molar-refractivity contribution is 0.181. The van der Waals surface area contributed by atoms with E-state index in [1.807, 2.05) is 17.8 Å². The van der Waals surface area contributed by atoms with Crippen molar-refractivity contribution in [3.8, 4) is 0 Å². The lowest BCUT2D eigenvalue weighted by Crippen LogP contribution is -2.19. The Morgan fingerprint density at radius 1 is 1.53 bits per heavy atom. The van der Waals surface area contributed by atoms with Gasteiger partial charge >= 0.3 is 0 Å². The number of rotatable bonds is 6. The number of anilines is 1. The molecule has 2 aromatic rings. The quantitative estimate of drug-likeness (QED) is 0.866. The van der Waals surface area contributed by atoms with Crippen molar-refractivity contribution in [3.05, 3.63) is 18.1 Å². The fourth-order valence-corrected chi connectivity index (χ4v) is 2.78. The van der Waals surface area contributed by atoms with E-state index in [1.54, 1.807) is 11.6 Å². The van der Waals surface area contributed by atoms with Crippen LogP contribution in [0.3, 0.4) is 0 Å². The van der Waals surface area contributed by atoms with Crippen molar-refractivity contribution in [2.45, 2.75) is 24.2 Å². The predicted molar refractivity (Wildman–Crippen MR) is 75.5 cm³/mol. The smallest absolute Gasteiger partial charge is 0.254 e. The molecule has 0 bridgehead atoms. The van der Waals surface area contributed by atoms with Crippen LogP contribution in [0.15, 0.2) is 12.4 Å². The summed E-state index contributed by atoms with van der Waals surface area (Å²) in [6.07, 6.45) is 6.24. The van der Waals surface area contributed by atoms with Gasteiger partial charge in [-0.1, -0.05) is 0 Å². The molecule has 2 heterocycles. The molecule has 0 amide bonds. The molecule has 1 saturated carbocycles. The summed E-state index contributed by atoms with van der Waals surface area (Å²) in [6.45, 7) is 1.42. The molecule has 19 heavy (non-hydrogen) atoms. The van der Waals surface area contributed by atoms with Gasteiger partial charge in [0.2, 0.25) is 0 Å². The molecule has 1 fully saturated rings. The molecule has 6 nitrogen and oxygen atoms in total. The number of nitrogens with one attached hydrogen (secondary N) is 1. The van der Waals surface area contributed by atoms with Gasteiger partial charge in [-0.2, -0.15) is 26.4 Å². The average molecular weight is 279 g/mol. The van der Waals surface area contributed by atoms with Gasteiger partial charge in [0.1, 0.15) is 12.1 Å². The second-order valence-electron chi connectivity index (χ2n) is 4.78. The predicted octanol–water partition coefficient (Wildman–Crippen LogP) is 1.58. The number of fused-ring (bicyclic) bond motifs is 1. The lowest BCUT2D eigenvalue weighted by atomic mass is 10.3. The van der Waals surface area contributed by atoms with Crippen molar-refractivity contribution >= 4 is 23.4 Å². The first kappa shape index (κ1) is 12.7. The van der Waals surface area contributed by atoms with Crippen LogP contribution in [0.2, 0.25) is 0 Å². The molecule has 3 rings (SSSR count). The number of hydrogen-bond acceptors (Lipinski definition) is 6. The SMILES string of the molecule is COCc1cc(NCC2(SC)CC2)n2ncnc2n1. The van der Waals surface area contributed by atoms with E-state index in [9.17, 15) is 0 Å². The molecule has 0 atom stereocenters. The van der Waals surface area contributed by atoms with Crippen LogP contribution in [-0.4, -0.2) is 44.2 Å². The Hall–Kier alpha value is -1.34. The molecule has 102 valence electrons. The van der Waals surface area contributed by atoms with E-state index in [0.29, 0.717) is 17.1 Å². The molecule has 1 aliphatic rings. The van der Waals surface area contributed by atoms with Gasteiger partial charge in [-0.15, -0.1) is 0 Å². The minimum atomic E-state index is 0.400. The van der Waals surface area contributed by atoms with Crippen LogP contribution in [0.5, 0.6) is 0 Å². The van der Waals surface area contributed by atoms with E-state index in [0.717, 1.165) is 18.1 Å². The highest BCUT2D eigenvalue weighted by Gasteiger charge is 2.41. The zero-order valence-electron chi connectivity index (χ0n) is 11.1. The summed E-state index contributed by atoms with van der Waals surface area (Å²) in [4.78, 5) is 8.53. The maximum atomic E-state index is 5.14. The van der Waals surface area contributed by atoms with Crippen molar-refractivity contribution in [3.63, 3.8) is 0 Å². The Labute approximate surface area is 116 Å². The van der Waals surface area contributed by atoms with Crippen molar-refractivity contribution in [1.82, 2.24) is 19.6 Å². The normalized spacial score (nSPS) is 16.7. The van der Waals surface area contributed by atoms with E-state index in [1.165, 1.54) is 19.2 Å². The zero-order valence-corrected chi connectivity index (χ0v) is 11.9. The Bertz CT molecular complexity index is 581. The topological polar surface area (TPSA) is 64.3 Å². The van der Waals surface area contributed by atoms with E-state index >= 15 is 0 Å². The van der Waals surface area contributed by atoms with Gasteiger partial charge < -0.3 is 10.1 Å². The van der Waals surface area contributed by atoms with Crippen molar-refractivity contribution in [2.75, 3.05) is 25.2 Å². The number of nitrogens with zero attached hydrogens (tertiary/aromatic N) is 4. The molecule has 0 aliphatic heterocycles. The average Bonchev–Trinajstić information content (AvgIpc) is 3.05. The van der Waals surface area contributed by atoms with Crippen LogP contribution < -0.4 is 5.32 Å². The van der Waals surface area contributed by atoms with Crippen molar-refractivity contribution < 1.29 is 4.74 Å². The standard InChI is InChI=1S/C12H17N5OS/c1-18-6-9-5-10(13-7-12(19-2)3-4-12)17-11(16-9)14-8-15-17/h5,8,13H,3-4,6-7H2,1-2H3. The van der Waals surface area contributed by atoms with Crippen LogP contribution in [0.25, 0.3) is 5.78 Å². The molecule has 1 N–H and O–H groups in total. The molecule has 2 aromatic heterocycles. The van der Waals surface area contributed by atoms with Crippen LogP contribution in [-0.2, 0) is 11.3 Å². The zero-order chi connectivity index (χ0) is 13.3. The summed E-state index contributed by atoms with van der Waals surface area (Å²) in [5.74, 6) is 1.53. The van der Waals surface area contributed by atoms with Gasteiger partial charge in [0.15, 0.2) is 0 Å². The Kier molecular flexibility index (Phi) is 3.32. The van der Waals surface area contributed by atoms with Crippen LogP contribution >= 0.6 is 11.8 Å². The number of hydrogen-bond donors (Lipinski definition) is 1.